The van der Waals surface area contributed by atoms with Crippen molar-refractivity contribution in [2.45, 2.75) is 19.3 Å². The van der Waals surface area contributed by atoms with Gasteiger partial charge in [-0.3, -0.25) is 14.4 Å². The first-order valence-electron chi connectivity index (χ1n) is 7.47. The van der Waals surface area contributed by atoms with Gasteiger partial charge in [0.2, 0.25) is 0 Å². The van der Waals surface area contributed by atoms with E-state index in [9.17, 15) is 18.8 Å². The molecule has 0 radical (unpaired) electrons. The van der Waals surface area contributed by atoms with E-state index in [2.05, 4.69) is 5.32 Å². The minimum atomic E-state index is -2.37. The molecule has 0 saturated heterocycles. The molecule has 2 atom stereocenters. The van der Waals surface area contributed by atoms with Gasteiger partial charge in [0.15, 0.2) is 0 Å². The summed E-state index contributed by atoms with van der Waals surface area (Å²) in [6.45, 7) is 1.70. The topological polar surface area (TPSA) is 66.5 Å². The average molecular weight is 326 g/mol. The van der Waals surface area contributed by atoms with Crippen LogP contribution in [0.4, 0.5) is 4.39 Å². The van der Waals surface area contributed by atoms with Gasteiger partial charge in [-0.05, 0) is 24.6 Å². The number of hydrogen-bond acceptors (Lipinski definition) is 3. The maximum absolute atomic E-state index is 14.5. The van der Waals surface area contributed by atoms with E-state index in [0.717, 1.165) is 5.56 Å². The molecule has 0 aliphatic carbocycles. The van der Waals surface area contributed by atoms with Crippen molar-refractivity contribution < 1.29 is 18.8 Å². The molecule has 0 bridgehead atoms. The Morgan fingerprint density at radius 3 is 2.00 bits per heavy atom. The van der Waals surface area contributed by atoms with Crippen LogP contribution in [0.1, 0.15) is 39.2 Å². The molecule has 2 aromatic rings. The Hall–Kier alpha value is -3.02. The maximum atomic E-state index is 14.5. The van der Waals surface area contributed by atoms with E-state index in [0.29, 0.717) is 4.90 Å². The van der Waals surface area contributed by atoms with Gasteiger partial charge in [-0.2, -0.15) is 0 Å². The lowest BCUT2D eigenvalue weighted by Gasteiger charge is -2.21. The zero-order chi connectivity index (χ0) is 17.3. The number of imide groups is 1. The summed E-state index contributed by atoms with van der Waals surface area (Å²) in [5, 5.41) is 2.48. The smallest absolute Gasteiger partial charge is 0.276 e. The molecule has 0 spiro atoms. The van der Waals surface area contributed by atoms with Crippen LogP contribution in [0.3, 0.4) is 0 Å². The summed E-state index contributed by atoms with van der Waals surface area (Å²) >= 11 is 0. The highest BCUT2D eigenvalue weighted by atomic mass is 19.1. The fourth-order valence-corrected chi connectivity index (χ4v) is 2.64. The first-order chi connectivity index (χ1) is 11.5. The molecule has 1 aliphatic heterocycles. The third kappa shape index (κ3) is 2.67. The lowest BCUT2D eigenvalue weighted by atomic mass is 10.1. The van der Waals surface area contributed by atoms with Gasteiger partial charge >= 0.3 is 0 Å². The molecule has 6 heteroatoms. The summed E-state index contributed by atoms with van der Waals surface area (Å²) in [4.78, 5) is 36.9. The minimum Gasteiger partial charge on any atom is -0.345 e. The van der Waals surface area contributed by atoms with Crippen LogP contribution in [0.15, 0.2) is 54.6 Å². The summed E-state index contributed by atoms with van der Waals surface area (Å²) < 4.78 is 14.5. The van der Waals surface area contributed by atoms with E-state index in [1.165, 1.54) is 12.1 Å². The van der Waals surface area contributed by atoms with Crippen LogP contribution in [0.5, 0.6) is 0 Å². The zero-order valence-corrected chi connectivity index (χ0v) is 12.9. The lowest BCUT2D eigenvalue weighted by Crippen LogP contribution is -2.47. The molecule has 0 aromatic heterocycles. The van der Waals surface area contributed by atoms with Gasteiger partial charge in [-0.15, -0.1) is 0 Å². The molecule has 3 rings (SSSR count). The normalized spacial score (nSPS) is 15.8. The number of fused-ring (bicyclic) bond motifs is 1. The number of benzene rings is 2. The molecular weight excluding hydrogens is 311 g/mol. The maximum Gasteiger partial charge on any atom is 0.276 e. The molecule has 0 fully saturated rings. The van der Waals surface area contributed by atoms with E-state index >= 15 is 0 Å². The van der Waals surface area contributed by atoms with Crippen molar-refractivity contribution in [2.75, 3.05) is 0 Å². The molecule has 1 N–H and O–H groups in total. The third-order valence-electron chi connectivity index (χ3n) is 3.93. The van der Waals surface area contributed by atoms with Crippen molar-refractivity contribution in [1.82, 2.24) is 10.2 Å². The average Bonchev–Trinajstić information content (AvgIpc) is 2.86. The number of carbonyl (C=O) groups excluding carboxylic acids is 3. The summed E-state index contributed by atoms with van der Waals surface area (Å²) in [5.74, 6) is -2.63. The van der Waals surface area contributed by atoms with Crippen molar-refractivity contribution in [3.05, 3.63) is 71.3 Å². The molecule has 2 aromatic carbocycles. The SMILES string of the molecule is CC(NC(=O)C(F)N1C(=O)c2ccccc2C1=O)c1ccccc1. The number of nitrogens with one attached hydrogen (secondary N) is 1. The molecule has 0 saturated carbocycles. The van der Waals surface area contributed by atoms with Crippen molar-refractivity contribution in [2.24, 2.45) is 0 Å². The number of amides is 3. The molecule has 3 amide bonds. The highest BCUT2D eigenvalue weighted by molar-refractivity contribution is 6.22. The number of hydrogen-bond donors (Lipinski definition) is 1. The second-order valence-corrected chi connectivity index (χ2v) is 5.50. The first kappa shape index (κ1) is 15.9. The van der Waals surface area contributed by atoms with Crippen LogP contribution >= 0.6 is 0 Å². The Morgan fingerprint density at radius 1 is 0.958 bits per heavy atom. The quantitative estimate of drug-likeness (QED) is 0.693. The molecule has 1 aliphatic rings. The fraction of sp³-hybridized carbons (Fsp3) is 0.167. The Labute approximate surface area is 138 Å². The van der Waals surface area contributed by atoms with Gasteiger partial charge in [0.05, 0.1) is 17.2 Å². The van der Waals surface area contributed by atoms with Gasteiger partial charge in [0, 0.05) is 0 Å². The second kappa shape index (κ2) is 6.23. The van der Waals surface area contributed by atoms with E-state index < -0.39 is 30.1 Å². The first-order valence-corrected chi connectivity index (χ1v) is 7.47. The van der Waals surface area contributed by atoms with Gasteiger partial charge in [0.1, 0.15) is 0 Å². The van der Waals surface area contributed by atoms with Crippen LogP contribution < -0.4 is 5.32 Å². The van der Waals surface area contributed by atoms with Crippen molar-refractivity contribution >= 4 is 17.7 Å². The molecule has 122 valence electrons. The summed E-state index contributed by atoms with van der Waals surface area (Å²) in [6, 6.07) is 14.6. The highest BCUT2D eigenvalue weighted by Gasteiger charge is 2.43. The van der Waals surface area contributed by atoms with Crippen LogP contribution in [0, 0.1) is 0 Å². The molecule has 24 heavy (non-hydrogen) atoms. The number of halogens is 1. The minimum absolute atomic E-state index is 0.106. The summed E-state index contributed by atoms with van der Waals surface area (Å²) in [7, 11) is 0. The number of carbonyl (C=O) groups is 3. The van der Waals surface area contributed by atoms with Gasteiger partial charge < -0.3 is 5.32 Å². The van der Waals surface area contributed by atoms with E-state index in [4.69, 9.17) is 0 Å². The number of nitrogens with zero attached hydrogens (tertiary/aromatic N) is 1. The van der Waals surface area contributed by atoms with Gasteiger partial charge in [-0.1, -0.05) is 42.5 Å². The highest BCUT2D eigenvalue weighted by Crippen LogP contribution is 2.25. The Kier molecular flexibility index (Phi) is 4.12. The molecule has 1 heterocycles. The van der Waals surface area contributed by atoms with Crippen LogP contribution in [-0.4, -0.2) is 28.9 Å². The van der Waals surface area contributed by atoms with Crippen molar-refractivity contribution in [3.63, 3.8) is 0 Å². The summed E-state index contributed by atoms with van der Waals surface area (Å²) in [6.07, 6.45) is -2.37. The summed E-state index contributed by atoms with van der Waals surface area (Å²) in [5.41, 5.74) is 1.00. The third-order valence-corrected chi connectivity index (χ3v) is 3.93. The van der Waals surface area contributed by atoms with Gasteiger partial charge in [0.25, 0.3) is 24.0 Å². The molecular formula is C18H15FN2O3. The Morgan fingerprint density at radius 2 is 1.46 bits per heavy atom. The standard InChI is InChI=1S/C18H15FN2O3/c1-11(12-7-3-2-4-8-12)20-16(22)15(19)21-17(23)13-9-5-6-10-14(13)18(21)24/h2-11,15H,1H3,(H,20,22). The van der Waals surface area contributed by atoms with E-state index in [-0.39, 0.29) is 11.1 Å². The van der Waals surface area contributed by atoms with Crippen LogP contribution in [-0.2, 0) is 4.79 Å². The largest absolute Gasteiger partial charge is 0.345 e. The molecule has 2 unspecified atom stereocenters. The van der Waals surface area contributed by atoms with Gasteiger partial charge in [-0.25, -0.2) is 9.29 Å². The Bertz CT molecular complexity index is 772. The number of rotatable bonds is 4. The zero-order valence-electron chi connectivity index (χ0n) is 12.9. The van der Waals surface area contributed by atoms with Crippen molar-refractivity contribution in [1.29, 1.82) is 0 Å². The lowest BCUT2D eigenvalue weighted by molar-refractivity contribution is -0.130. The predicted molar refractivity (Wildman–Crippen MR) is 84.8 cm³/mol. The Balaban J connectivity index is 1.75. The van der Waals surface area contributed by atoms with E-state index in [1.54, 1.807) is 43.3 Å². The van der Waals surface area contributed by atoms with Crippen LogP contribution in [0.2, 0.25) is 0 Å². The monoisotopic (exact) mass is 326 g/mol. The van der Waals surface area contributed by atoms with Crippen molar-refractivity contribution in [3.8, 4) is 0 Å². The number of alkyl halides is 1. The van der Waals surface area contributed by atoms with Crippen LogP contribution in [0.25, 0.3) is 0 Å². The van der Waals surface area contributed by atoms with E-state index in [1.807, 2.05) is 6.07 Å². The fourth-order valence-electron chi connectivity index (χ4n) is 2.64. The second-order valence-electron chi connectivity index (χ2n) is 5.50. The molecule has 5 nitrogen and oxygen atoms in total. The predicted octanol–water partition coefficient (Wildman–Crippen LogP) is 2.46.